The first-order chi connectivity index (χ1) is 11.9. The number of allylic oxidation sites excluding steroid dienone is 1. The third-order valence-corrected chi connectivity index (χ3v) is 3.45. The summed E-state index contributed by atoms with van der Waals surface area (Å²) in [5, 5.41) is 21.3. The summed E-state index contributed by atoms with van der Waals surface area (Å²) in [5.74, 6) is -1.87. The van der Waals surface area contributed by atoms with E-state index in [1.54, 1.807) is 13.0 Å². The molecular weight excluding hydrogens is 326 g/mol. The van der Waals surface area contributed by atoms with Crippen molar-refractivity contribution in [3.8, 4) is 5.88 Å². The van der Waals surface area contributed by atoms with Gasteiger partial charge in [-0.1, -0.05) is 25.1 Å². The molecule has 25 heavy (non-hydrogen) atoms. The van der Waals surface area contributed by atoms with Gasteiger partial charge < -0.3 is 15.0 Å². The summed E-state index contributed by atoms with van der Waals surface area (Å²) in [7, 11) is 0. The minimum Gasteiger partial charge on any atom is -0.545 e. The molecule has 0 atom stereocenters. The Hall–Kier alpha value is -3.42. The number of aromatic hydroxyl groups is 1. The van der Waals surface area contributed by atoms with Crippen LogP contribution in [0.5, 0.6) is 5.88 Å². The number of carbonyl (C=O) groups is 1. The largest absolute Gasteiger partial charge is 0.545 e. The number of rotatable bonds is 6. The number of nitrogens with one attached hydrogen (secondary N) is 1. The Morgan fingerprint density at radius 3 is 2.76 bits per heavy atom. The molecule has 0 fully saturated rings. The van der Waals surface area contributed by atoms with Crippen LogP contribution in [0.25, 0.3) is 0 Å². The van der Waals surface area contributed by atoms with E-state index in [0.29, 0.717) is 0 Å². The Morgan fingerprint density at radius 2 is 2.16 bits per heavy atom. The number of hydrogen-bond donors (Lipinski definition) is 2. The molecule has 0 radical (unpaired) electrons. The summed E-state index contributed by atoms with van der Waals surface area (Å²) in [5.41, 5.74) is -1.28. The summed E-state index contributed by atoms with van der Waals surface area (Å²) in [6.45, 7) is 5.21. The molecule has 0 bridgehead atoms. The second-order valence-electron chi connectivity index (χ2n) is 5.11. The summed E-state index contributed by atoms with van der Waals surface area (Å²) in [4.78, 5) is 41.2. The van der Waals surface area contributed by atoms with Crippen LogP contribution in [-0.4, -0.2) is 26.3 Å². The van der Waals surface area contributed by atoms with Gasteiger partial charge in [0, 0.05) is 6.54 Å². The van der Waals surface area contributed by atoms with Crippen LogP contribution in [-0.2, 0) is 6.54 Å². The van der Waals surface area contributed by atoms with Gasteiger partial charge in [0.2, 0.25) is 5.88 Å². The molecule has 2 aromatic rings. The second-order valence-corrected chi connectivity index (χ2v) is 5.11. The third-order valence-electron chi connectivity index (χ3n) is 3.45. The van der Waals surface area contributed by atoms with Crippen LogP contribution in [0.2, 0.25) is 0 Å². The number of H-pyrrole nitrogens is 1. The Labute approximate surface area is 142 Å². The zero-order chi connectivity index (χ0) is 18.6. The number of aromatic amines is 1. The highest BCUT2D eigenvalue weighted by Gasteiger charge is 2.18. The van der Waals surface area contributed by atoms with Gasteiger partial charge >= 0.3 is 5.69 Å². The second kappa shape index (κ2) is 7.43. The van der Waals surface area contributed by atoms with Crippen molar-refractivity contribution in [1.82, 2.24) is 9.55 Å². The molecule has 0 saturated carbocycles. The topological polar surface area (TPSA) is 128 Å². The van der Waals surface area contributed by atoms with Crippen LogP contribution < -0.4 is 16.4 Å². The zero-order valence-electron chi connectivity index (χ0n) is 13.5. The van der Waals surface area contributed by atoms with E-state index >= 15 is 0 Å². The molecule has 130 valence electrons. The number of hydrogen-bond acceptors (Lipinski definition) is 6. The lowest BCUT2D eigenvalue weighted by Crippen LogP contribution is -2.33. The van der Waals surface area contributed by atoms with Crippen LogP contribution in [0, 0.1) is 0 Å². The highest BCUT2D eigenvalue weighted by atomic mass is 16.4. The van der Waals surface area contributed by atoms with E-state index in [4.69, 9.17) is 0 Å². The van der Waals surface area contributed by atoms with Crippen molar-refractivity contribution >= 4 is 17.4 Å². The lowest BCUT2D eigenvalue weighted by molar-refractivity contribution is -0.255. The first-order valence-corrected chi connectivity index (χ1v) is 7.45. The smallest absolute Gasteiger partial charge is 0.331 e. The predicted molar refractivity (Wildman–Crippen MR) is 90.4 cm³/mol. The molecule has 0 unspecified atom stereocenters. The molecule has 2 N–H and O–H groups in total. The first-order valence-electron chi connectivity index (χ1n) is 7.45. The van der Waals surface area contributed by atoms with E-state index in [1.807, 2.05) is 0 Å². The average molecular weight is 342 g/mol. The Balaban J connectivity index is 2.66. The molecule has 0 aliphatic heterocycles. The van der Waals surface area contributed by atoms with E-state index in [-0.39, 0.29) is 35.5 Å². The molecule has 0 amide bonds. The van der Waals surface area contributed by atoms with E-state index < -0.39 is 23.1 Å². The fraction of sp³-hybridized carbons (Fsp3) is 0.176. The molecule has 1 aromatic carbocycles. The number of nitrogens with zero attached hydrogens (tertiary/aromatic N) is 2. The minimum atomic E-state index is -1.35. The minimum absolute atomic E-state index is 0.00557. The van der Waals surface area contributed by atoms with Gasteiger partial charge in [-0.15, -0.1) is 6.58 Å². The van der Waals surface area contributed by atoms with Gasteiger partial charge in [-0.3, -0.25) is 19.3 Å². The van der Waals surface area contributed by atoms with E-state index in [9.17, 15) is 24.6 Å². The molecule has 0 aliphatic carbocycles. The fourth-order valence-corrected chi connectivity index (χ4v) is 2.29. The number of benzene rings is 1. The van der Waals surface area contributed by atoms with Crippen molar-refractivity contribution in [1.29, 1.82) is 0 Å². The molecule has 2 rings (SSSR count). The number of aliphatic imine (C=N–C) groups is 1. The van der Waals surface area contributed by atoms with Crippen LogP contribution in [0.15, 0.2) is 51.5 Å². The first kappa shape index (κ1) is 17.9. The highest BCUT2D eigenvalue weighted by molar-refractivity contribution is 6.03. The Bertz CT molecular complexity index is 969. The van der Waals surface area contributed by atoms with E-state index in [0.717, 1.165) is 4.57 Å². The summed E-state index contributed by atoms with van der Waals surface area (Å²) >= 11 is 0. The van der Waals surface area contributed by atoms with Crippen molar-refractivity contribution in [2.75, 3.05) is 0 Å². The zero-order valence-corrected chi connectivity index (χ0v) is 13.5. The third kappa shape index (κ3) is 3.74. The summed E-state index contributed by atoms with van der Waals surface area (Å²) in [6.07, 6.45) is 1.66. The van der Waals surface area contributed by atoms with Gasteiger partial charge in [0.05, 0.1) is 17.4 Å². The van der Waals surface area contributed by atoms with Crippen LogP contribution in [0.4, 0.5) is 5.69 Å². The molecule has 8 heteroatoms. The van der Waals surface area contributed by atoms with Gasteiger partial charge in [-0.2, -0.15) is 0 Å². The van der Waals surface area contributed by atoms with Crippen molar-refractivity contribution in [3.63, 3.8) is 0 Å². The highest BCUT2D eigenvalue weighted by Crippen LogP contribution is 2.19. The summed E-state index contributed by atoms with van der Waals surface area (Å²) in [6, 6.07) is 5.68. The average Bonchev–Trinajstić information content (AvgIpc) is 2.57. The lowest BCUT2D eigenvalue weighted by Gasteiger charge is -2.11. The number of aromatic carboxylic acids is 1. The van der Waals surface area contributed by atoms with Crippen molar-refractivity contribution in [2.45, 2.75) is 19.9 Å². The molecule has 0 aliphatic rings. The Kier molecular flexibility index (Phi) is 5.33. The van der Waals surface area contributed by atoms with Crippen LogP contribution in [0.3, 0.4) is 0 Å². The number of carboxylic acid groups (broad SMARTS) is 1. The summed E-state index contributed by atoms with van der Waals surface area (Å²) < 4.78 is 0.951. The van der Waals surface area contributed by atoms with Crippen molar-refractivity contribution in [2.24, 2.45) is 4.99 Å². The van der Waals surface area contributed by atoms with Gasteiger partial charge in [0.1, 0.15) is 5.56 Å². The fourth-order valence-electron chi connectivity index (χ4n) is 2.29. The van der Waals surface area contributed by atoms with Gasteiger partial charge in [-0.05, 0) is 24.1 Å². The maximum Gasteiger partial charge on any atom is 0.331 e. The van der Waals surface area contributed by atoms with Gasteiger partial charge in [0.25, 0.3) is 5.56 Å². The molecule has 1 heterocycles. The molecule has 0 saturated heterocycles. The molecular formula is C17H16N3O5-. The molecule has 0 spiro atoms. The van der Waals surface area contributed by atoms with Crippen molar-refractivity contribution < 1.29 is 15.0 Å². The monoisotopic (exact) mass is 342 g/mol. The number of carboxylic acids is 1. The quantitative estimate of drug-likeness (QED) is 0.577. The maximum atomic E-state index is 12.1. The normalized spacial score (nSPS) is 11.3. The van der Waals surface area contributed by atoms with Gasteiger partial charge in [-0.25, -0.2) is 4.79 Å². The van der Waals surface area contributed by atoms with Crippen LogP contribution in [0.1, 0.15) is 29.3 Å². The SMILES string of the molecule is C=CCn1c(O)c(C(CC)=Nc2cccc(C(=O)[O-])c2)c(=O)[nH]c1=O. The lowest BCUT2D eigenvalue weighted by atomic mass is 10.1. The van der Waals surface area contributed by atoms with E-state index in [1.165, 1.54) is 24.3 Å². The van der Waals surface area contributed by atoms with Gasteiger partial charge in [0.15, 0.2) is 0 Å². The predicted octanol–water partition coefficient (Wildman–Crippen LogP) is 0.322. The Morgan fingerprint density at radius 1 is 1.44 bits per heavy atom. The van der Waals surface area contributed by atoms with Crippen LogP contribution >= 0.6 is 0 Å². The van der Waals surface area contributed by atoms with Crippen molar-refractivity contribution in [3.05, 3.63) is 68.9 Å². The maximum absolute atomic E-state index is 12.1. The number of carbonyl (C=O) groups excluding carboxylic acids is 1. The number of aromatic nitrogens is 2. The molecule has 1 aromatic heterocycles. The molecule has 8 nitrogen and oxygen atoms in total. The standard InChI is InChI=1S/C17H17N3O5/c1-3-8-20-15(22)13(14(21)19-17(20)25)12(4-2)18-11-7-5-6-10(9-11)16(23)24/h3,5-7,9,22H,1,4,8H2,2H3,(H,23,24)(H,19,21,25)/p-1. The van der Waals surface area contributed by atoms with E-state index in [2.05, 4.69) is 16.6 Å².